The predicted octanol–water partition coefficient (Wildman–Crippen LogP) is 4.03. The van der Waals surface area contributed by atoms with E-state index in [-0.39, 0.29) is 0 Å². The van der Waals surface area contributed by atoms with E-state index in [0.29, 0.717) is 5.02 Å². The number of fused-ring (bicyclic) bond motifs is 1. The Labute approximate surface area is 109 Å². The molecular formula is C14H10ClN3. The summed E-state index contributed by atoms with van der Waals surface area (Å²) in [5, 5.41) is 5.04. The lowest BCUT2D eigenvalue weighted by atomic mass is 10.2. The second kappa shape index (κ2) is 4.63. The summed E-state index contributed by atoms with van der Waals surface area (Å²) in [5.41, 5.74) is 2.81. The third-order valence-corrected chi connectivity index (χ3v) is 2.88. The lowest BCUT2D eigenvalue weighted by molar-refractivity contribution is 1.32. The fourth-order valence-electron chi connectivity index (χ4n) is 1.82. The quantitative estimate of drug-likeness (QED) is 0.751. The summed E-state index contributed by atoms with van der Waals surface area (Å²) in [7, 11) is 0. The molecule has 0 aliphatic carbocycles. The molecule has 0 atom stereocenters. The molecule has 0 aliphatic rings. The first-order chi connectivity index (χ1) is 8.83. The van der Waals surface area contributed by atoms with Crippen LogP contribution in [0.3, 0.4) is 0 Å². The zero-order chi connectivity index (χ0) is 12.4. The SMILES string of the molecule is Clc1ccc2c(Nc3cccnc3)ccnc2c1. The van der Waals surface area contributed by atoms with E-state index in [1.54, 1.807) is 18.6 Å². The first-order valence-corrected chi connectivity index (χ1v) is 5.92. The summed E-state index contributed by atoms with van der Waals surface area (Å²) in [6, 6.07) is 11.5. The van der Waals surface area contributed by atoms with Crippen LogP contribution in [-0.4, -0.2) is 9.97 Å². The van der Waals surface area contributed by atoms with Crippen molar-refractivity contribution in [3.63, 3.8) is 0 Å². The molecule has 1 N–H and O–H groups in total. The van der Waals surface area contributed by atoms with Gasteiger partial charge in [-0.1, -0.05) is 11.6 Å². The van der Waals surface area contributed by atoms with Crippen molar-refractivity contribution in [2.75, 3.05) is 5.32 Å². The normalized spacial score (nSPS) is 10.5. The molecule has 0 fully saturated rings. The van der Waals surface area contributed by atoms with E-state index in [1.165, 1.54) is 0 Å². The average Bonchev–Trinajstić information content (AvgIpc) is 2.40. The predicted molar refractivity (Wildman–Crippen MR) is 74.3 cm³/mol. The van der Waals surface area contributed by atoms with Gasteiger partial charge in [-0.15, -0.1) is 0 Å². The number of nitrogens with zero attached hydrogens (tertiary/aromatic N) is 2. The Hall–Kier alpha value is -2.13. The minimum Gasteiger partial charge on any atom is -0.354 e. The first-order valence-electron chi connectivity index (χ1n) is 5.54. The van der Waals surface area contributed by atoms with Gasteiger partial charge in [0.1, 0.15) is 0 Å². The number of halogens is 1. The van der Waals surface area contributed by atoms with E-state index in [9.17, 15) is 0 Å². The second-order valence-electron chi connectivity index (χ2n) is 3.89. The molecule has 88 valence electrons. The Morgan fingerprint density at radius 3 is 2.83 bits per heavy atom. The monoisotopic (exact) mass is 255 g/mol. The maximum absolute atomic E-state index is 5.96. The van der Waals surface area contributed by atoms with Gasteiger partial charge in [-0.05, 0) is 36.4 Å². The number of nitrogens with one attached hydrogen (secondary N) is 1. The second-order valence-corrected chi connectivity index (χ2v) is 4.32. The van der Waals surface area contributed by atoms with Crippen LogP contribution in [0.25, 0.3) is 10.9 Å². The lowest BCUT2D eigenvalue weighted by Crippen LogP contribution is -1.92. The van der Waals surface area contributed by atoms with Crippen LogP contribution in [0.5, 0.6) is 0 Å². The van der Waals surface area contributed by atoms with Gasteiger partial charge in [0.05, 0.1) is 17.4 Å². The van der Waals surface area contributed by atoms with Crippen molar-refractivity contribution in [1.29, 1.82) is 0 Å². The molecule has 0 spiro atoms. The molecular weight excluding hydrogens is 246 g/mol. The van der Waals surface area contributed by atoms with Gasteiger partial charge < -0.3 is 5.32 Å². The standard InChI is InChI=1S/C14H10ClN3/c15-10-3-4-12-13(5-7-17-14(12)8-10)18-11-2-1-6-16-9-11/h1-9H,(H,17,18). The van der Waals surface area contributed by atoms with Crippen LogP contribution in [0.2, 0.25) is 5.02 Å². The van der Waals surface area contributed by atoms with E-state index in [2.05, 4.69) is 15.3 Å². The van der Waals surface area contributed by atoms with Gasteiger partial charge in [-0.25, -0.2) is 0 Å². The van der Waals surface area contributed by atoms with Crippen LogP contribution < -0.4 is 5.32 Å². The molecule has 4 heteroatoms. The Morgan fingerprint density at radius 2 is 2.00 bits per heavy atom. The van der Waals surface area contributed by atoms with Crippen molar-refractivity contribution < 1.29 is 0 Å². The van der Waals surface area contributed by atoms with Crippen molar-refractivity contribution >= 4 is 33.9 Å². The molecule has 0 saturated heterocycles. The summed E-state index contributed by atoms with van der Waals surface area (Å²) < 4.78 is 0. The summed E-state index contributed by atoms with van der Waals surface area (Å²) in [6.45, 7) is 0. The fourth-order valence-corrected chi connectivity index (χ4v) is 1.99. The van der Waals surface area contributed by atoms with Crippen LogP contribution in [0.4, 0.5) is 11.4 Å². The highest BCUT2D eigenvalue weighted by molar-refractivity contribution is 6.31. The number of anilines is 2. The molecule has 0 radical (unpaired) electrons. The largest absolute Gasteiger partial charge is 0.354 e. The maximum Gasteiger partial charge on any atom is 0.0737 e. The highest BCUT2D eigenvalue weighted by Crippen LogP contribution is 2.26. The summed E-state index contributed by atoms with van der Waals surface area (Å²) in [4.78, 5) is 8.38. The Morgan fingerprint density at radius 1 is 1.06 bits per heavy atom. The average molecular weight is 256 g/mol. The van der Waals surface area contributed by atoms with Gasteiger partial charge >= 0.3 is 0 Å². The number of pyridine rings is 2. The zero-order valence-corrected chi connectivity index (χ0v) is 10.2. The molecule has 0 amide bonds. The Kier molecular flexibility index (Phi) is 2.82. The third kappa shape index (κ3) is 2.13. The van der Waals surface area contributed by atoms with Gasteiger partial charge in [-0.2, -0.15) is 0 Å². The zero-order valence-electron chi connectivity index (χ0n) is 9.47. The molecule has 18 heavy (non-hydrogen) atoms. The molecule has 2 aromatic heterocycles. The molecule has 0 aliphatic heterocycles. The number of benzene rings is 1. The Balaban J connectivity index is 2.07. The van der Waals surface area contributed by atoms with Gasteiger partial charge in [0, 0.05) is 28.5 Å². The highest BCUT2D eigenvalue weighted by Gasteiger charge is 2.02. The van der Waals surface area contributed by atoms with Gasteiger partial charge in [0.15, 0.2) is 0 Å². The van der Waals surface area contributed by atoms with Crippen molar-refractivity contribution in [1.82, 2.24) is 9.97 Å². The van der Waals surface area contributed by atoms with Crippen LogP contribution in [0.15, 0.2) is 55.0 Å². The van der Waals surface area contributed by atoms with Crippen molar-refractivity contribution in [2.45, 2.75) is 0 Å². The third-order valence-electron chi connectivity index (χ3n) is 2.65. The maximum atomic E-state index is 5.96. The molecule has 0 unspecified atom stereocenters. The van der Waals surface area contributed by atoms with Crippen LogP contribution in [-0.2, 0) is 0 Å². The number of hydrogen-bond acceptors (Lipinski definition) is 3. The van der Waals surface area contributed by atoms with Crippen molar-refractivity contribution in [2.24, 2.45) is 0 Å². The molecule has 3 aromatic rings. The van der Waals surface area contributed by atoms with Crippen molar-refractivity contribution in [3.8, 4) is 0 Å². The van der Waals surface area contributed by atoms with E-state index < -0.39 is 0 Å². The minimum atomic E-state index is 0.688. The molecule has 0 bridgehead atoms. The lowest BCUT2D eigenvalue weighted by Gasteiger charge is -2.08. The van der Waals surface area contributed by atoms with Gasteiger partial charge in [0.25, 0.3) is 0 Å². The number of aromatic nitrogens is 2. The molecule has 1 aromatic carbocycles. The summed E-state index contributed by atoms with van der Waals surface area (Å²) >= 11 is 5.96. The molecule has 3 nitrogen and oxygen atoms in total. The highest BCUT2D eigenvalue weighted by atomic mass is 35.5. The Bertz CT molecular complexity index is 683. The van der Waals surface area contributed by atoms with E-state index in [4.69, 9.17) is 11.6 Å². The molecule has 2 heterocycles. The summed E-state index contributed by atoms with van der Waals surface area (Å²) in [5.74, 6) is 0. The fraction of sp³-hybridized carbons (Fsp3) is 0. The van der Waals surface area contributed by atoms with Crippen molar-refractivity contribution in [3.05, 3.63) is 60.0 Å². The van der Waals surface area contributed by atoms with Gasteiger partial charge in [0.2, 0.25) is 0 Å². The topological polar surface area (TPSA) is 37.8 Å². The summed E-state index contributed by atoms with van der Waals surface area (Å²) in [6.07, 6.45) is 5.29. The van der Waals surface area contributed by atoms with E-state index in [1.807, 2.05) is 36.4 Å². The van der Waals surface area contributed by atoms with Gasteiger partial charge in [-0.3, -0.25) is 9.97 Å². The smallest absolute Gasteiger partial charge is 0.0737 e. The van der Waals surface area contributed by atoms with E-state index in [0.717, 1.165) is 22.3 Å². The first kappa shape index (κ1) is 11.0. The van der Waals surface area contributed by atoms with Crippen LogP contribution in [0.1, 0.15) is 0 Å². The van der Waals surface area contributed by atoms with Crippen LogP contribution >= 0.6 is 11.6 Å². The molecule has 3 rings (SSSR count). The minimum absolute atomic E-state index is 0.688. The number of rotatable bonds is 2. The molecule has 0 saturated carbocycles. The van der Waals surface area contributed by atoms with Crippen LogP contribution in [0, 0.1) is 0 Å². The van der Waals surface area contributed by atoms with E-state index >= 15 is 0 Å². The number of hydrogen-bond donors (Lipinski definition) is 1.